The summed E-state index contributed by atoms with van der Waals surface area (Å²) in [6.45, 7) is 0. The average Bonchev–Trinajstić information content (AvgIpc) is 3.28. The van der Waals surface area contributed by atoms with E-state index in [1.54, 1.807) is 41.2 Å². The van der Waals surface area contributed by atoms with Crippen molar-refractivity contribution in [2.75, 3.05) is 0 Å². The van der Waals surface area contributed by atoms with E-state index in [0.717, 1.165) is 15.7 Å². The Balaban J connectivity index is 1.77. The van der Waals surface area contributed by atoms with Crippen molar-refractivity contribution in [2.24, 2.45) is 5.84 Å². The number of rotatable bonds is 6. The van der Waals surface area contributed by atoms with Gasteiger partial charge in [0.1, 0.15) is 11.4 Å². The highest BCUT2D eigenvalue weighted by Crippen LogP contribution is 2.25. The molecule has 0 unspecified atom stereocenters. The zero-order chi connectivity index (χ0) is 23.2. The van der Waals surface area contributed by atoms with Gasteiger partial charge in [-0.05, 0) is 42.5 Å². The van der Waals surface area contributed by atoms with E-state index in [2.05, 4.69) is 26.7 Å². The predicted octanol–water partition coefficient (Wildman–Crippen LogP) is 4.06. The summed E-state index contributed by atoms with van der Waals surface area (Å²) in [7, 11) is 0. The lowest BCUT2D eigenvalue weighted by Crippen LogP contribution is -2.38. The maximum atomic E-state index is 12.7. The lowest BCUT2D eigenvalue weighted by Gasteiger charge is -2.09. The number of aromatic nitrogens is 2. The maximum Gasteiger partial charge on any atom is 0.281 e. The summed E-state index contributed by atoms with van der Waals surface area (Å²) in [5.74, 6) is 4.32. The Kier molecular flexibility index (Phi) is 6.77. The first-order valence-electron chi connectivity index (χ1n) is 10.1. The fraction of sp³-hybridized carbons (Fsp3) is 0. The molecule has 0 aliphatic heterocycles. The van der Waals surface area contributed by atoms with Crippen molar-refractivity contribution in [2.45, 2.75) is 0 Å². The quantitative estimate of drug-likeness (QED) is 0.160. The zero-order valence-corrected chi connectivity index (χ0v) is 19.0. The number of hydrazine groups is 1. The molecule has 0 radical (unpaired) electrons. The van der Waals surface area contributed by atoms with E-state index in [1.165, 1.54) is 0 Å². The fourth-order valence-electron chi connectivity index (χ4n) is 3.21. The molecule has 1 heterocycles. The van der Waals surface area contributed by atoms with Gasteiger partial charge in [0.15, 0.2) is 0 Å². The number of carbonyl (C=O) groups excluding carboxylic acids is 2. The number of hydrogen-bond donors (Lipinski definition) is 3. The van der Waals surface area contributed by atoms with Crippen molar-refractivity contribution in [3.05, 3.63) is 112 Å². The second kappa shape index (κ2) is 10.1. The van der Waals surface area contributed by atoms with Crippen LogP contribution in [0.4, 0.5) is 0 Å². The Bertz CT molecular complexity index is 1300. The first kappa shape index (κ1) is 22.2. The van der Waals surface area contributed by atoms with Gasteiger partial charge in [-0.2, -0.15) is 5.10 Å². The number of halogens is 1. The molecule has 4 rings (SSSR count). The van der Waals surface area contributed by atoms with E-state index in [1.807, 2.05) is 60.7 Å². The summed E-state index contributed by atoms with van der Waals surface area (Å²) in [5, 5.41) is 7.38. The summed E-state index contributed by atoms with van der Waals surface area (Å²) in [6.07, 6.45) is 3.36. The Morgan fingerprint density at radius 1 is 0.909 bits per heavy atom. The highest BCUT2D eigenvalue weighted by Gasteiger charge is 2.17. The van der Waals surface area contributed by atoms with Gasteiger partial charge in [0, 0.05) is 27.4 Å². The van der Waals surface area contributed by atoms with Crippen LogP contribution < -0.4 is 16.6 Å². The van der Waals surface area contributed by atoms with Gasteiger partial charge in [-0.1, -0.05) is 64.5 Å². The Labute approximate surface area is 199 Å². The topological polar surface area (TPSA) is 102 Å². The molecule has 0 spiro atoms. The van der Waals surface area contributed by atoms with Crippen LogP contribution in [0.5, 0.6) is 0 Å². The third-order valence-electron chi connectivity index (χ3n) is 4.84. The number of nitrogens with one attached hydrogen (secondary N) is 2. The van der Waals surface area contributed by atoms with E-state index < -0.39 is 11.8 Å². The van der Waals surface area contributed by atoms with Gasteiger partial charge in [0.05, 0.1) is 5.69 Å². The number of benzene rings is 3. The molecular formula is C25H20BrN5O2. The van der Waals surface area contributed by atoms with Gasteiger partial charge in [-0.3, -0.25) is 15.0 Å². The van der Waals surface area contributed by atoms with E-state index in [0.29, 0.717) is 16.8 Å². The van der Waals surface area contributed by atoms with Gasteiger partial charge >= 0.3 is 0 Å². The molecule has 0 atom stereocenters. The number of amides is 2. The average molecular weight is 502 g/mol. The lowest BCUT2D eigenvalue weighted by molar-refractivity contribution is -0.117. The minimum atomic E-state index is -0.632. The molecule has 8 heteroatoms. The summed E-state index contributed by atoms with van der Waals surface area (Å²) >= 11 is 3.34. The van der Waals surface area contributed by atoms with E-state index in [9.17, 15) is 9.59 Å². The van der Waals surface area contributed by atoms with Gasteiger partial charge in [-0.15, -0.1) is 0 Å². The monoisotopic (exact) mass is 501 g/mol. The molecular weight excluding hydrogens is 482 g/mol. The zero-order valence-electron chi connectivity index (χ0n) is 17.4. The van der Waals surface area contributed by atoms with Crippen molar-refractivity contribution >= 4 is 33.8 Å². The Morgan fingerprint density at radius 2 is 1.55 bits per heavy atom. The van der Waals surface area contributed by atoms with Gasteiger partial charge in [0.2, 0.25) is 0 Å². The molecule has 0 aliphatic rings. The molecule has 164 valence electrons. The molecule has 0 saturated heterocycles. The van der Waals surface area contributed by atoms with Crippen LogP contribution in [0.15, 0.2) is 101 Å². The first-order valence-corrected chi connectivity index (χ1v) is 10.8. The van der Waals surface area contributed by atoms with Crippen molar-refractivity contribution in [1.29, 1.82) is 0 Å². The van der Waals surface area contributed by atoms with Crippen LogP contribution in [0.1, 0.15) is 15.9 Å². The van der Waals surface area contributed by atoms with Crippen molar-refractivity contribution in [3.63, 3.8) is 0 Å². The fourth-order valence-corrected chi connectivity index (χ4v) is 3.48. The number of hydrogen-bond acceptors (Lipinski definition) is 4. The molecule has 7 nitrogen and oxygen atoms in total. The molecule has 33 heavy (non-hydrogen) atoms. The molecule has 1 aromatic heterocycles. The standard InChI is InChI=1S/C25H20BrN5O2/c26-20-13-11-18(12-14-20)24(32)28-22(25(33)29-27)15-19-16-31(21-9-5-2-6-10-21)30-23(19)17-7-3-1-4-8-17/h1-16H,27H2,(H,28,32)(H,29,33)/b22-15-. The predicted molar refractivity (Wildman–Crippen MR) is 131 cm³/mol. The van der Waals surface area contributed by atoms with Crippen LogP contribution in [0, 0.1) is 0 Å². The van der Waals surface area contributed by atoms with E-state index in [-0.39, 0.29) is 5.70 Å². The largest absolute Gasteiger partial charge is 0.317 e. The Hall–Kier alpha value is -4.01. The van der Waals surface area contributed by atoms with Gasteiger partial charge in [0.25, 0.3) is 11.8 Å². The number of para-hydroxylation sites is 1. The number of nitrogens with two attached hydrogens (primary N) is 1. The van der Waals surface area contributed by atoms with Crippen LogP contribution in [0.25, 0.3) is 23.0 Å². The van der Waals surface area contributed by atoms with Crippen LogP contribution in [0.3, 0.4) is 0 Å². The molecule has 3 aromatic carbocycles. The molecule has 0 saturated carbocycles. The van der Waals surface area contributed by atoms with Gasteiger partial charge in [-0.25, -0.2) is 10.5 Å². The molecule has 0 aliphatic carbocycles. The summed E-state index contributed by atoms with van der Waals surface area (Å²) < 4.78 is 2.57. The normalized spacial score (nSPS) is 11.2. The second-order valence-corrected chi connectivity index (χ2v) is 7.99. The van der Waals surface area contributed by atoms with Crippen LogP contribution >= 0.6 is 15.9 Å². The maximum absolute atomic E-state index is 12.7. The molecule has 0 bridgehead atoms. The van der Waals surface area contributed by atoms with Crippen molar-refractivity contribution in [1.82, 2.24) is 20.5 Å². The molecule has 4 N–H and O–H groups in total. The van der Waals surface area contributed by atoms with E-state index >= 15 is 0 Å². The van der Waals surface area contributed by atoms with Crippen molar-refractivity contribution in [3.8, 4) is 16.9 Å². The highest BCUT2D eigenvalue weighted by molar-refractivity contribution is 9.10. The molecule has 0 fully saturated rings. The molecule has 4 aromatic rings. The summed E-state index contributed by atoms with van der Waals surface area (Å²) in [6, 6.07) is 26.0. The van der Waals surface area contributed by atoms with Crippen LogP contribution in [0.2, 0.25) is 0 Å². The SMILES string of the molecule is NNC(=O)/C(=C/c1cn(-c2ccccc2)nc1-c1ccccc1)NC(=O)c1ccc(Br)cc1. The third-order valence-corrected chi connectivity index (χ3v) is 5.37. The van der Waals surface area contributed by atoms with Gasteiger partial charge < -0.3 is 5.32 Å². The smallest absolute Gasteiger partial charge is 0.281 e. The number of nitrogens with zero attached hydrogens (tertiary/aromatic N) is 2. The lowest BCUT2D eigenvalue weighted by atomic mass is 10.1. The van der Waals surface area contributed by atoms with E-state index in [4.69, 9.17) is 10.9 Å². The minimum absolute atomic E-state index is 0.00443. The third kappa shape index (κ3) is 5.25. The van der Waals surface area contributed by atoms with Crippen LogP contribution in [-0.2, 0) is 4.79 Å². The number of carbonyl (C=O) groups is 2. The highest BCUT2D eigenvalue weighted by atomic mass is 79.9. The minimum Gasteiger partial charge on any atom is -0.317 e. The molecule has 2 amide bonds. The van der Waals surface area contributed by atoms with Crippen molar-refractivity contribution < 1.29 is 9.59 Å². The summed E-state index contributed by atoms with van der Waals surface area (Å²) in [5.41, 5.74) is 5.50. The summed E-state index contributed by atoms with van der Waals surface area (Å²) in [4.78, 5) is 25.3. The first-order chi connectivity index (χ1) is 16.0. The second-order valence-electron chi connectivity index (χ2n) is 7.07. The van der Waals surface area contributed by atoms with Crippen LogP contribution in [-0.4, -0.2) is 21.6 Å². The Morgan fingerprint density at radius 3 is 2.18 bits per heavy atom.